The Balaban J connectivity index is 0.000000210. The molecule has 0 atom stereocenters. The first-order valence-electron chi connectivity index (χ1n) is 18.6. The molecule has 0 unspecified atom stereocenters. The third-order valence-corrected chi connectivity index (χ3v) is 8.46. The van der Waals surface area contributed by atoms with Gasteiger partial charge >= 0.3 is 11.9 Å². The Morgan fingerprint density at radius 1 is 0.696 bits per heavy atom. The van der Waals surface area contributed by atoms with Crippen molar-refractivity contribution in [3.8, 4) is 22.3 Å². The van der Waals surface area contributed by atoms with Gasteiger partial charge in [0.2, 0.25) is 11.2 Å². The summed E-state index contributed by atoms with van der Waals surface area (Å²) in [5.74, 6) is 1.18. The van der Waals surface area contributed by atoms with Crippen LogP contribution >= 0.6 is 11.6 Å². The smallest absolute Gasteiger partial charge is 0.339 e. The molecule has 6 heterocycles. The number of aromatic nitrogens is 6. The number of halogens is 1. The van der Waals surface area contributed by atoms with Crippen LogP contribution in [0.1, 0.15) is 48.4 Å². The highest BCUT2D eigenvalue weighted by atomic mass is 35.5. The van der Waals surface area contributed by atoms with Crippen LogP contribution in [0, 0.1) is 0 Å². The fourth-order valence-corrected chi connectivity index (χ4v) is 5.83. The van der Waals surface area contributed by atoms with Gasteiger partial charge in [-0.05, 0) is 49.7 Å². The molecule has 5 aromatic rings. The molecule has 2 fully saturated rings. The zero-order valence-corrected chi connectivity index (χ0v) is 32.7. The molecule has 1 N–H and O–H groups in total. The number of hydrogen-bond acceptors (Lipinski definition) is 15. The topological polar surface area (TPSA) is 167 Å². The molecule has 15 nitrogen and oxygen atoms in total. The molecule has 2 saturated heterocycles. The molecule has 294 valence electrons. The number of para-hydroxylation sites is 1. The Morgan fingerprint density at radius 2 is 1.18 bits per heavy atom. The van der Waals surface area contributed by atoms with E-state index < -0.39 is 11.9 Å². The van der Waals surface area contributed by atoms with Crippen molar-refractivity contribution in [2.45, 2.75) is 27.7 Å². The summed E-state index contributed by atoms with van der Waals surface area (Å²) in [4.78, 5) is 54.4. The third kappa shape index (κ3) is 11.1. The van der Waals surface area contributed by atoms with Crippen molar-refractivity contribution in [1.29, 1.82) is 0 Å². The van der Waals surface area contributed by atoms with Gasteiger partial charge in [0.05, 0.1) is 50.8 Å². The van der Waals surface area contributed by atoms with Crippen molar-refractivity contribution in [2.75, 3.05) is 80.9 Å². The summed E-state index contributed by atoms with van der Waals surface area (Å²) in [5.41, 5.74) is 4.75. The van der Waals surface area contributed by atoms with Gasteiger partial charge in [0.15, 0.2) is 0 Å². The molecular weight excluding hydrogens is 738 g/mol. The average Bonchev–Trinajstić information content (AvgIpc) is 3.26. The van der Waals surface area contributed by atoms with Crippen molar-refractivity contribution >= 4 is 46.8 Å². The highest BCUT2D eigenvalue weighted by Crippen LogP contribution is 2.32. The molecule has 0 aliphatic carbocycles. The number of ether oxygens (including phenoxy) is 4. The summed E-state index contributed by atoms with van der Waals surface area (Å²) in [6.45, 7) is 13.5. The summed E-state index contributed by atoms with van der Waals surface area (Å²) in [6, 6.07) is 13.3. The van der Waals surface area contributed by atoms with Gasteiger partial charge in [-0.3, -0.25) is 9.97 Å². The van der Waals surface area contributed by atoms with Gasteiger partial charge in [0.1, 0.15) is 11.6 Å². The standard InChI is InChI=1S/C22H23N5O3.C16H17ClN4O3.C2H6/c1-2-30-21(28)17-12-16(13-23-14-17)19-15-24-22(25-18-6-4-3-5-7-18)26-20(19)27-8-10-29-11-9-27;1-2-24-15(22)12-7-11(8-18-9-12)13-10-19-16(17)20-14(13)21-3-5-23-6-4-21;1-2/h3-7,12-15H,2,8-11H2,1H3,(H,24,25,26);7-10H,2-6H2,1H3;1-2H3. The van der Waals surface area contributed by atoms with Gasteiger partial charge in [-0.1, -0.05) is 32.0 Å². The van der Waals surface area contributed by atoms with Crippen LogP contribution in [0.25, 0.3) is 22.3 Å². The molecule has 0 radical (unpaired) electrons. The van der Waals surface area contributed by atoms with E-state index in [4.69, 9.17) is 35.5 Å². The van der Waals surface area contributed by atoms with E-state index in [1.165, 1.54) is 12.4 Å². The average molecular weight is 784 g/mol. The van der Waals surface area contributed by atoms with Gasteiger partial charge in [-0.15, -0.1) is 0 Å². The number of benzene rings is 1. The molecule has 2 aliphatic heterocycles. The second kappa shape index (κ2) is 21.4. The summed E-state index contributed by atoms with van der Waals surface area (Å²) < 4.78 is 21.0. The Hall–Kier alpha value is -5.77. The lowest BCUT2D eigenvalue weighted by molar-refractivity contribution is 0.0516. The third-order valence-electron chi connectivity index (χ3n) is 8.28. The van der Waals surface area contributed by atoms with Gasteiger partial charge < -0.3 is 34.1 Å². The van der Waals surface area contributed by atoms with E-state index >= 15 is 0 Å². The number of pyridine rings is 2. The molecule has 56 heavy (non-hydrogen) atoms. The number of carbonyl (C=O) groups excluding carboxylic acids is 2. The Morgan fingerprint density at radius 3 is 1.68 bits per heavy atom. The second-order valence-corrected chi connectivity index (χ2v) is 12.2. The van der Waals surface area contributed by atoms with E-state index in [2.05, 4.69) is 40.0 Å². The van der Waals surface area contributed by atoms with Crippen LogP contribution in [0.4, 0.5) is 23.3 Å². The van der Waals surface area contributed by atoms with Crippen molar-refractivity contribution in [3.05, 3.63) is 96.1 Å². The minimum atomic E-state index is -0.408. The fraction of sp³-hybridized carbons (Fsp3) is 0.350. The number of esters is 2. The first-order chi connectivity index (χ1) is 27.4. The number of hydrogen-bond donors (Lipinski definition) is 1. The molecule has 16 heteroatoms. The quantitative estimate of drug-likeness (QED) is 0.120. The van der Waals surface area contributed by atoms with Crippen LogP contribution in [-0.2, 0) is 18.9 Å². The first kappa shape index (κ1) is 41.4. The molecule has 7 rings (SSSR count). The molecule has 1 aromatic carbocycles. The highest BCUT2D eigenvalue weighted by Gasteiger charge is 2.22. The van der Waals surface area contributed by atoms with Crippen molar-refractivity contribution < 1.29 is 28.5 Å². The zero-order chi connectivity index (χ0) is 39.7. The normalized spacial score (nSPS) is 13.7. The fourth-order valence-electron chi connectivity index (χ4n) is 5.70. The van der Waals surface area contributed by atoms with E-state index in [0.29, 0.717) is 75.6 Å². The lowest BCUT2D eigenvalue weighted by atomic mass is 10.1. The van der Waals surface area contributed by atoms with E-state index in [1.807, 2.05) is 44.2 Å². The van der Waals surface area contributed by atoms with E-state index in [0.717, 1.165) is 46.8 Å². The lowest BCUT2D eigenvalue weighted by Gasteiger charge is -2.29. The van der Waals surface area contributed by atoms with Crippen LogP contribution in [0.15, 0.2) is 79.6 Å². The van der Waals surface area contributed by atoms with Crippen molar-refractivity contribution in [1.82, 2.24) is 29.9 Å². The Bertz CT molecular complexity index is 2030. The second-order valence-electron chi connectivity index (χ2n) is 11.9. The number of anilines is 4. The van der Waals surface area contributed by atoms with Gasteiger partial charge in [0.25, 0.3) is 0 Å². The molecule has 0 saturated carbocycles. The van der Waals surface area contributed by atoms with Crippen LogP contribution in [0.2, 0.25) is 5.28 Å². The largest absolute Gasteiger partial charge is 0.462 e. The zero-order valence-electron chi connectivity index (χ0n) is 32.0. The summed E-state index contributed by atoms with van der Waals surface area (Å²) in [6.07, 6.45) is 9.75. The maximum atomic E-state index is 12.1. The van der Waals surface area contributed by atoms with Gasteiger partial charge in [-0.2, -0.15) is 9.97 Å². The summed E-state index contributed by atoms with van der Waals surface area (Å²) >= 11 is 5.98. The highest BCUT2D eigenvalue weighted by molar-refractivity contribution is 6.28. The predicted octanol–water partition coefficient (Wildman–Crippen LogP) is 6.53. The number of carbonyl (C=O) groups is 2. The van der Waals surface area contributed by atoms with Gasteiger partial charge in [-0.25, -0.2) is 19.6 Å². The Kier molecular flexibility index (Phi) is 15.8. The number of nitrogens with zero attached hydrogens (tertiary/aromatic N) is 8. The molecule has 0 amide bonds. The van der Waals surface area contributed by atoms with E-state index in [-0.39, 0.29) is 5.28 Å². The number of nitrogens with one attached hydrogen (secondary N) is 1. The number of morpholine rings is 2. The SMILES string of the molecule is CC.CCOC(=O)c1cncc(-c2cnc(Cl)nc2N2CCOCC2)c1.CCOC(=O)c1cncc(-c2cnc(Nc3ccccc3)nc2N2CCOCC2)c1. The maximum absolute atomic E-state index is 12.1. The molecular formula is C40H46ClN9O6. The molecule has 4 aromatic heterocycles. The van der Waals surface area contributed by atoms with E-state index in [1.54, 1.807) is 50.8 Å². The van der Waals surface area contributed by atoms with E-state index in [9.17, 15) is 9.59 Å². The summed E-state index contributed by atoms with van der Waals surface area (Å²) in [7, 11) is 0. The minimum absolute atomic E-state index is 0.176. The van der Waals surface area contributed by atoms with Crippen LogP contribution in [-0.4, -0.2) is 108 Å². The maximum Gasteiger partial charge on any atom is 0.339 e. The minimum Gasteiger partial charge on any atom is -0.462 e. The van der Waals surface area contributed by atoms with Crippen molar-refractivity contribution in [3.63, 3.8) is 0 Å². The Labute approximate surface area is 331 Å². The lowest BCUT2D eigenvalue weighted by Crippen LogP contribution is -2.37. The van der Waals surface area contributed by atoms with Gasteiger partial charge in [0, 0.05) is 91.3 Å². The molecule has 0 bridgehead atoms. The number of rotatable bonds is 10. The predicted molar refractivity (Wildman–Crippen MR) is 215 cm³/mol. The summed E-state index contributed by atoms with van der Waals surface area (Å²) in [5, 5.41) is 3.41. The van der Waals surface area contributed by atoms with Crippen LogP contribution in [0.5, 0.6) is 0 Å². The van der Waals surface area contributed by atoms with Crippen LogP contribution < -0.4 is 15.1 Å². The molecule has 2 aliphatic rings. The first-order valence-corrected chi connectivity index (χ1v) is 18.9. The molecule has 0 spiro atoms. The van der Waals surface area contributed by atoms with Crippen LogP contribution in [0.3, 0.4) is 0 Å². The monoisotopic (exact) mass is 783 g/mol. The van der Waals surface area contributed by atoms with Crippen molar-refractivity contribution in [2.24, 2.45) is 0 Å².